The first-order chi connectivity index (χ1) is 19.5. The van der Waals surface area contributed by atoms with Crippen LogP contribution in [-0.2, 0) is 10.8 Å². The summed E-state index contributed by atoms with van der Waals surface area (Å²) in [6, 6.07) is 27.1. The van der Waals surface area contributed by atoms with Crippen LogP contribution < -0.4 is 10.2 Å². The van der Waals surface area contributed by atoms with Crippen molar-refractivity contribution in [3.8, 4) is 0 Å². The number of hydrogen-bond donors (Lipinski definition) is 1. The molecule has 0 saturated carbocycles. The normalized spacial score (nSPS) is 16.0. The van der Waals surface area contributed by atoms with Crippen LogP contribution in [0.3, 0.4) is 0 Å². The van der Waals surface area contributed by atoms with Crippen LogP contribution in [0.2, 0.25) is 0 Å². The van der Waals surface area contributed by atoms with Gasteiger partial charge in [0.15, 0.2) is 0 Å². The molecule has 0 fully saturated rings. The Morgan fingerprint density at radius 1 is 0.780 bits per heavy atom. The van der Waals surface area contributed by atoms with E-state index in [0.717, 1.165) is 19.5 Å². The highest BCUT2D eigenvalue weighted by atomic mass is 15.2. The van der Waals surface area contributed by atoms with Gasteiger partial charge in [0.05, 0.1) is 0 Å². The molecule has 41 heavy (non-hydrogen) atoms. The van der Waals surface area contributed by atoms with Crippen molar-refractivity contribution in [3.63, 3.8) is 0 Å². The first kappa shape index (κ1) is 29.2. The summed E-state index contributed by atoms with van der Waals surface area (Å²) in [6.07, 6.45) is 5.90. The Labute approximate surface area is 248 Å². The highest BCUT2D eigenvalue weighted by molar-refractivity contribution is 5.95. The van der Waals surface area contributed by atoms with Crippen molar-refractivity contribution < 1.29 is 0 Å². The molecular weight excluding hydrogens is 496 g/mol. The second-order valence-electron chi connectivity index (χ2n) is 14.1. The number of hydrogen-bond acceptors (Lipinski definition) is 2. The summed E-state index contributed by atoms with van der Waals surface area (Å²) in [5, 5.41) is 9.23. The molecule has 2 heteroatoms. The van der Waals surface area contributed by atoms with Gasteiger partial charge in [-0.2, -0.15) is 0 Å². The average molecular weight is 547 g/mol. The van der Waals surface area contributed by atoms with E-state index in [1.807, 2.05) is 0 Å². The van der Waals surface area contributed by atoms with Gasteiger partial charge in [0.2, 0.25) is 0 Å². The molecule has 216 valence electrons. The Kier molecular flexibility index (Phi) is 8.24. The van der Waals surface area contributed by atoms with E-state index in [-0.39, 0.29) is 10.8 Å². The van der Waals surface area contributed by atoms with Gasteiger partial charge in [-0.3, -0.25) is 0 Å². The standard InChI is InChI=1S/C39H50N2/c1-27(2)22-25-40-33-19-17-29-13-9-11-15-31(29)36(33)38(5,6)24-21-35-39(7,8)37-32-16-12-10-14-30(32)18-20-34(37)41(35)26-23-28(3)4/h9-21,27-28,40H,22-26H2,1-8H3/b35-21+. The number of benzene rings is 4. The molecule has 0 radical (unpaired) electrons. The second-order valence-corrected chi connectivity index (χ2v) is 14.1. The predicted octanol–water partition coefficient (Wildman–Crippen LogP) is 10.8. The maximum absolute atomic E-state index is 3.83. The number of nitrogens with zero attached hydrogens (tertiary/aromatic N) is 1. The van der Waals surface area contributed by atoms with Gasteiger partial charge >= 0.3 is 0 Å². The molecular formula is C39H50N2. The van der Waals surface area contributed by atoms with Crippen LogP contribution >= 0.6 is 0 Å². The lowest BCUT2D eigenvalue weighted by atomic mass is 9.76. The van der Waals surface area contributed by atoms with E-state index in [4.69, 9.17) is 0 Å². The van der Waals surface area contributed by atoms with Crippen LogP contribution in [0.15, 0.2) is 84.6 Å². The molecule has 0 aromatic heterocycles. The molecule has 2 nitrogen and oxygen atoms in total. The Balaban J connectivity index is 1.58. The van der Waals surface area contributed by atoms with E-state index in [1.165, 1.54) is 62.6 Å². The highest BCUT2D eigenvalue weighted by Crippen LogP contribution is 2.51. The fraction of sp³-hybridized carbons (Fsp3) is 0.436. The number of fused-ring (bicyclic) bond motifs is 4. The Morgan fingerprint density at radius 2 is 1.39 bits per heavy atom. The quantitative estimate of drug-likeness (QED) is 0.213. The van der Waals surface area contributed by atoms with Crippen molar-refractivity contribution in [3.05, 3.63) is 95.7 Å². The summed E-state index contributed by atoms with van der Waals surface area (Å²) in [5.74, 6) is 1.35. The zero-order valence-electron chi connectivity index (χ0n) is 26.6. The largest absolute Gasteiger partial charge is 0.385 e. The first-order valence-electron chi connectivity index (χ1n) is 15.8. The van der Waals surface area contributed by atoms with Crippen LogP contribution in [0.25, 0.3) is 21.5 Å². The van der Waals surface area contributed by atoms with E-state index in [9.17, 15) is 0 Å². The van der Waals surface area contributed by atoms with Gasteiger partial charge in [-0.15, -0.1) is 0 Å². The number of anilines is 2. The molecule has 1 aliphatic rings. The summed E-state index contributed by atoms with van der Waals surface area (Å²) in [4.78, 5) is 2.64. The highest BCUT2D eigenvalue weighted by Gasteiger charge is 2.41. The molecule has 0 aliphatic carbocycles. The fourth-order valence-corrected chi connectivity index (χ4v) is 6.83. The molecule has 1 heterocycles. The third-order valence-electron chi connectivity index (χ3n) is 9.13. The molecule has 0 bridgehead atoms. The molecule has 0 amide bonds. The molecule has 0 unspecified atom stereocenters. The minimum absolute atomic E-state index is 0.0509. The van der Waals surface area contributed by atoms with Gasteiger partial charge in [0, 0.05) is 35.6 Å². The van der Waals surface area contributed by atoms with Crippen molar-refractivity contribution in [2.24, 2.45) is 11.8 Å². The van der Waals surface area contributed by atoms with Crippen molar-refractivity contribution in [2.75, 3.05) is 23.3 Å². The van der Waals surface area contributed by atoms with Crippen molar-refractivity contribution in [2.45, 2.75) is 85.5 Å². The molecule has 0 spiro atoms. The summed E-state index contributed by atoms with van der Waals surface area (Å²) in [5.41, 5.74) is 6.91. The van der Waals surface area contributed by atoms with E-state index in [2.05, 4.69) is 144 Å². The maximum Gasteiger partial charge on any atom is 0.0456 e. The van der Waals surface area contributed by atoms with E-state index in [1.54, 1.807) is 0 Å². The Morgan fingerprint density at radius 3 is 2.07 bits per heavy atom. The summed E-state index contributed by atoms with van der Waals surface area (Å²) in [6.45, 7) is 21.1. The minimum atomic E-state index is -0.0691. The lowest BCUT2D eigenvalue weighted by molar-refractivity contribution is 0.526. The number of rotatable bonds is 10. The van der Waals surface area contributed by atoms with Crippen molar-refractivity contribution in [1.29, 1.82) is 0 Å². The monoisotopic (exact) mass is 546 g/mol. The smallest absolute Gasteiger partial charge is 0.0456 e. The van der Waals surface area contributed by atoms with Gasteiger partial charge in [-0.1, -0.05) is 122 Å². The SMILES string of the molecule is CC(C)CCNc1ccc2ccccc2c1C(C)(C)C/C=C1/N(CCC(C)C)c2ccc3ccccc3c2C1(C)C. The zero-order valence-corrected chi connectivity index (χ0v) is 26.6. The van der Waals surface area contributed by atoms with Crippen LogP contribution in [0.4, 0.5) is 11.4 Å². The van der Waals surface area contributed by atoms with Crippen LogP contribution in [0.1, 0.15) is 85.8 Å². The van der Waals surface area contributed by atoms with Gasteiger partial charge in [0.1, 0.15) is 0 Å². The van der Waals surface area contributed by atoms with Crippen LogP contribution in [-0.4, -0.2) is 13.1 Å². The molecule has 5 rings (SSSR count). The third kappa shape index (κ3) is 5.76. The fourth-order valence-electron chi connectivity index (χ4n) is 6.83. The molecule has 4 aromatic rings. The van der Waals surface area contributed by atoms with Crippen molar-refractivity contribution in [1.82, 2.24) is 0 Å². The average Bonchev–Trinajstić information content (AvgIpc) is 3.15. The lowest BCUT2D eigenvalue weighted by Gasteiger charge is -2.32. The predicted molar refractivity (Wildman–Crippen MR) is 181 cm³/mol. The maximum atomic E-state index is 3.83. The van der Waals surface area contributed by atoms with Crippen LogP contribution in [0, 0.1) is 11.8 Å². The first-order valence-corrected chi connectivity index (χ1v) is 15.8. The minimum Gasteiger partial charge on any atom is -0.385 e. The van der Waals surface area contributed by atoms with Gasteiger partial charge in [-0.25, -0.2) is 0 Å². The molecule has 0 atom stereocenters. The Hall–Kier alpha value is -3.26. The summed E-state index contributed by atoms with van der Waals surface area (Å²) >= 11 is 0. The molecule has 1 aliphatic heterocycles. The lowest BCUT2D eigenvalue weighted by Crippen LogP contribution is -2.29. The molecule has 4 aromatic carbocycles. The van der Waals surface area contributed by atoms with Crippen molar-refractivity contribution >= 4 is 32.9 Å². The topological polar surface area (TPSA) is 15.3 Å². The number of nitrogens with one attached hydrogen (secondary N) is 1. The molecule has 1 N–H and O–H groups in total. The van der Waals surface area contributed by atoms with E-state index >= 15 is 0 Å². The van der Waals surface area contributed by atoms with Gasteiger partial charge < -0.3 is 10.2 Å². The zero-order chi connectivity index (χ0) is 29.4. The van der Waals surface area contributed by atoms with E-state index < -0.39 is 0 Å². The summed E-state index contributed by atoms with van der Waals surface area (Å²) < 4.78 is 0. The Bertz CT molecular complexity index is 1550. The second kappa shape index (κ2) is 11.6. The van der Waals surface area contributed by atoms with Crippen LogP contribution in [0.5, 0.6) is 0 Å². The third-order valence-corrected chi connectivity index (χ3v) is 9.13. The molecule has 0 saturated heterocycles. The van der Waals surface area contributed by atoms with Gasteiger partial charge in [-0.05, 0) is 81.3 Å². The van der Waals surface area contributed by atoms with Gasteiger partial charge in [0.25, 0.3) is 0 Å². The van der Waals surface area contributed by atoms with E-state index in [0.29, 0.717) is 11.8 Å². The summed E-state index contributed by atoms with van der Waals surface area (Å²) in [7, 11) is 0. The number of allylic oxidation sites excluding steroid dienone is 2.